The monoisotopic (exact) mass is 422 g/mol. The Morgan fingerprint density at radius 1 is 0.903 bits per heavy atom. The van der Waals surface area contributed by atoms with Crippen molar-refractivity contribution in [2.75, 3.05) is 5.32 Å². The first-order valence-corrected chi connectivity index (χ1v) is 10.2. The van der Waals surface area contributed by atoms with Crippen molar-refractivity contribution in [3.05, 3.63) is 64.7 Å². The third kappa shape index (κ3) is 4.21. The number of nitrogens with one attached hydrogen (secondary N) is 1. The summed E-state index contributed by atoms with van der Waals surface area (Å²) in [6.45, 7) is 8.81. The van der Waals surface area contributed by atoms with Crippen molar-refractivity contribution >= 4 is 29.4 Å². The van der Waals surface area contributed by atoms with Crippen LogP contribution in [0.25, 0.3) is 0 Å². The molecule has 0 aliphatic carbocycles. The van der Waals surface area contributed by atoms with Crippen LogP contribution in [0.1, 0.15) is 65.5 Å². The summed E-state index contributed by atoms with van der Waals surface area (Å²) in [5.41, 5.74) is 3.07. The van der Waals surface area contributed by atoms with Crippen LogP contribution in [0.5, 0.6) is 0 Å². The summed E-state index contributed by atoms with van der Waals surface area (Å²) < 4.78 is 5.30. The molecule has 1 N–H and O–H groups in total. The van der Waals surface area contributed by atoms with Gasteiger partial charge in [-0.2, -0.15) is 0 Å². The predicted octanol–water partition coefficient (Wildman–Crippen LogP) is 3.67. The van der Waals surface area contributed by atoms with Gasteiger partial charge >= 0.3 is 5.97 Å². The molecule has 162 valence electrons. The number of amides is 3. The first-order chi connectivity index (χ1) is 14.6. The maximum atomic E-state index is 12.7. The van der Waals surface area contributed by atoms with Gasteiger partial charge in [0.05, 0.1) is 11.1 Å². The number of esters is 1. The minimum atomic E-state index is -1.16. The molecule has 1 aliphatic heterocycles. The average molecular weight is 422 g/mol. The third-order valence-corrected chi connectivity index (χ3v) is 5.39. The molecule has 1 heterocycles. The SMILES string of the molecule is Cc1cccc(C(C)C)c1NC(=O)[C@H](C)OC(=O)[C@@H](C)N1C(=O)c2ccccc2C1=O. The minimum absolute atomic E-state index is 0.196. The van der Waals surface area contributed by atoms with E-state index in [2.05, 4.69) is 5.32 Å². The largest absolute Gasteiger partial charge is 0.451 e. The van der Waals surface area contributed by atoms with Crippen molar-refractivity contribution in [1.82, 2.24) is 4.90 Å². The van der Waals surface area contributed by atoms with Gasteiger partial charge in [-0.05, 0) is 49.9 Å². The Kier molecular flexibility index (Phi) is 6.24. The van der Waals surface area contributed by atoms with Crippen LogP contribution in [-0.4, -0.2) is 40.7 Å². The Hall–Kier alpha value is -3.48. The number of carbonyl (C=O) groups excluding carboxylic acids is 4. The Labute approximate surface area is 181 Å². The summed E-state index contributed by atoms with van der Waals surface area (Å²) in [4.78, 5) is 51.3. The average Bonchev–Trinajstić information content (AvgIpc) is 2.99. The van der Waals surface area contributed by atoms with Gasteiger partial charge in [0.2, 0.25) is 0 Å². The lowest BCUT2D eigenvalue weighted by molar-refractivity contribution is -0.156. The second-order valence-corrected chi connectivity index (χ2v) is 7.96. The molecular weight excluding hydrogens is 396 g/mol. The van der Waals surface area contributed by atoms with Crippen molar-refractivity contribution in [3.8, 4) is 0 Å². The molecule has 3 rings (SSSR count). The summed E-state index contributed by atoms with van der Waals surface area (Å²) in [5, 5.41) is 2.84. The molecule has 3 amide bonds. The van der Waals surface area contributed by atoms with E-state index >= 15 is 0 Å². The number of aryl methyl sites for hydroxylation is 1. The number of anilines is 1. The number of imide groups is 1. The quantitative estimate of drug-likeness (QED) is 0.566. The van der Waals surface area contributed by atoms with E-state index in [1.54, 1.807) is 12.1 Å². The first-order valence-electron chi connectivity index (χ1n) is 10.2. The molecule has 0 spiro atoms. The smallest absolute Gasteiger partial charge is 0.329 e. The van der Waals surface area contributed by atoms with Crippen LogP contribution in [0, 0.1) is 6.92 Å². The molecule has 0 unspecified atom stereocenters. The van der Waals surface area contributed by atoms with Crippen molar-refractivity contribution in [2.24, 2.45) is 0 Å². The molecule has 2 aromatic carbocycles. The molecular formula is C24H26N2O5. The first kappa shape index (κ1) is 22.2. The lowest BCUT2D eigenvalue weighted by atomic mass is 9.98. The van der Waals surface area contributed by atoms with E-state index in [1.807, 2.05) is 39.0 Å². The van der Waals surface area contributed by atoms with Crippen LogP contribution in [-0.2, 0) is 14.3 Å². The molecule has 0 bridgehead atoms. The fourth-order valence-electron chi connectivity index (χ4n) is 3.56. The lowest BCUT2D eigenvalue weighted by Gasteiger charge is -2.23. The number of carbonyl (C=O) groups is 4. The maximum absolute atomic E-state index is 12.7. The normalized spacial score (nSPS) is 15.0. The number of benzene rings is 2. The van der Waals surface area contributed by atoms with Gasteiger partial charge in [-0.3, -0.25) is 19.3 Å². The van der Waals surface area contributed by atoms with E-state index in [4.69, 9.17) is 4.74 Å². The highest BCUT2D eigenvalue weighted by molar-refractivity contribution is 6.22. The molecule has 0 saturated heterocycles. The molecule has 0 fully saturated rings. The highest BCUT2D eigenvalue weighted by Gasteiger charge is 2.41. The second kappa shape index (κ2) is 8.71. The Morgan fingerprint density at radius 2 is 1.48 bits per heavy atom. The van der Waals surface area contributed by atoms with Gasteiger partial charge in [-0.1, -0.05) is 44.2 Å². The van der Waals surface area contributed by atoms with Crippen molar-refractivity contribution in [2.45, 2.75) is 52.7 Å². The fraction of sp³-hybridized carbons (Fsp3) is 0.333. The number of para-hydroxylation sites is 1. The van der Waals surface area contributed by atoms with Gasteiger partial charge < -0.3 is 10.1 Å². The lowest BCUT2D eigenvalue weighted by Crippen LogP contribution is -2.45. The molecule has 0 aromatic heterocycles. The van der Waals surface area contributed by atoms with Crippen LogP contribution in [0.2, 0.25) is 0 Å². The van der Waals surface area contributed by atoms with Crippen molar-refractivity contribution in [1.29, 1.82) is 0 Å². The van der Waals surface area contributed by atoms with Gasteiger partial charge in [0, 0.05) is 5.69 Å². The van der Waals surface area contributed by atoms with Crippen molar-refractivity contribution < 1.29 is 23.9 Å². The van der Waals surface area contributed by atoms with Gasteiger partial charge in [0.25, 0.3) is 17.7 Å². The molecule has 1 aliphatic rings. The van der Waals surface area contributed by atoms with E-state index in [-0.39, 0.29) is 17.0 Å². The van der Waals surface area contributed by atoms with Crippen LogP contribution < -0.4 is 5.32 Å². The summed E-state index contributed by atoms with van der Waals surface area (Å²) >= 11 is 0. The number of nitrogens with zero attached hydrogens (tertiary/aromatic N) is 1. The van der Waals surface area contributed by atoms with Gasteiger partial charge in [-0.25, -0.2) is 4.79 Å². The number of ether oxygens (including phenoxy) is 1. The predicted molar refractivity (Wildman–Crippen MR) is 116 cm³/mol. The van der Waals surface area contributed by atoms with E-state index in [9.17, 15) is 19.2 Å². The number of fused-ring (bicyclic) bond motifs is 1. The van der Waals surface area contributed by atoms with E-state index in [0.29, 0.717) is 5.69 Å². The Balaban J connectivity index is 1.69. The molecule has 0 radical (unpaired) electrons. The number of hydrogen-bond donors (Lipinski definition) is 1. The molecule has 31 heavy (non-hydrogen) atoms. The molecule has 7 nitrogen and oxygen atoms in total. The second-order valence-electron chi connectivity index (χ2n) is 7.96. The molecule has 0 saturated carbocycles. The Morgan fingerprint density at radius 3 is 2.03 bits per heavy atom. The highest BCUT2D eigenvalue weighted by Crippen LogP contribution is 2.28. The van der Waals surface area contributed by atoms with Gasteiger partial charge in [0.1, 0.15) is 6.04 Å². The summed E-state index contributed by atoms with van der Waals surface area (Å²) in [6, 6.07) is 11.0. The maximum Gasteiger partial charge on any atom is 0.329 e. The van der Waals surface area contributed by atoms with E-state index < -0.39 is 35.8 Å². The fourth-order valence-corrected chi connectivity index (χ4v) is 3.56. The topological polar surface area (TPSA) is 92.8 Å². The van der Waals surface area contributed by atoms with Crippen LogP contribution in [0.15, 0.2) is 42.5 Å². The third-order valence-electron chi connectivity index (χ3n) is 5.39. The van der Waals surface area contributed by atoms with Crippen LogP contribution >= 0.6 is 0 Å². The zero-order valence-electron chi connectivity index (χ0n) is 18.3. The van der Waals surface area contributed by atoms with Crippen molar-refractivity contribution in [3.63, 3.8) is 0 Å². The minimum Gasteiger partial charge on any atom is -0.451 e. The molecule has 7 heteroatoms. The zero-order chi connectivity index (χ0) is 22.9. The van der Waals surface area contributed by atoms with E-state index in [1.165, 1.54) is 26.0 Å². The van der Waals surface area contributed by atoms with E-state index in [0.717, 1.165) is 16.0 Å². The number of hydrogen-bond acceptors (Lipinski definition) is 5. The van der Waals surface area contributed by atoms with Gasteiger partial charge in [0.15, 0.2) is 6.10 Å². The van der Waals surface area contributed by atoms with Crippen LogP contribution in [0.3, 0.4) is 0 Å². The van der Waals surface area contributed by atoms with Crippen LogP contribution in [0.4, 0.5) is 5.69 Å². The summed E-state index contributed by atoms with van der Waals surface area (Å²) in [5.74, 6) is -2.22. The molecule has 2 atom stereocenters. The zero-order valence-corrected chi connectivity index (χ0v) is 18.3. The highest BCUT2D eigenvalue weighted by atomic mass is 16.5. The Bertz CT molecular complexity index is 1020. The summed E-state index contributed by atoms with van der Waals surface area (Å²) in [7, 11) is 0. The van der Waals surface area contributed by atoms with Gasteiger partial charge in [-0.15, -0.1) is 0 Å². The summed E-state index contributed by atoms with van der Waals surface area (Å²) in [6.07, 6.45) is -1.11. The molecule has 2 aromatic rings. The standard InChI is InChI=1S/C24H26N2O5/c1-13(2)17-12-8-9-14(3)20(17)25-21(27)16(5)31-24(30)15(4)26-22(28)18-10-6-7-11-19(18)23(26)29/h6-13,15-16H,1-5H3,(H,25,27)/t15-,16+/m1/s1. The number of rotatable bonds is 6.